The number of esters is 1. The summed E-state index contributed by atoms with van der Waals surface area (Å²) in [6.07, 6.45) is 1.82. The summed E-state index contributed by atoms with van der Waals surface area (Å²) >= 11 is 1.50. The molecule has 0 amide bonds. The maximum atomic E-state index is 12.4. The van der Waals surface area contributed by atoms with E-state index in [1.165, 1.54) is 17.3 Å². The molecule has 7 heteroatoms. The highest BCUT2D eigenvalue weighted by Gasteiger charge is 2.24. The Bertz CT molecular complexity index is 822. The minimum Gasteiger partial charge on any atom is -0.462 e. The molecule has 0 spiro atoms. The van der Waals surface area contributed by atoms with E-state index < -0.39 is 0 Å². The molecule has 1 aromatic carbocycles. The number of thioether (sulfide) groups is 1. The zero-order chi connectivity index (χ0) is 17.1. The summed E-state index contributed by atoms with van der Waals surface area (Å²) in [5, 5.41) is 13.3. The topological polar surface area (TPSA) is 69.4 Å². The Kier molecular flexibility index (Phi) is 4.80. The van der Waals surface area contributed by atoms with Crippen LogP contribution in [0.4, 0.5) is 0 Å². The van der Waals surface area contributed by atoms with Crippen LogP contribution in [0.2, 0.25) is 0 Å². The number of benzene rings is 1. The molecule has 0 fully saturated rings. The van der Waals surface area contributed by atoms with Gasteiger partial charge in [-0.05, 0) is 32.4 Å². The van der Waals surface area contributed by atoms with Gasteiger partial charge in [-0.3, -0.25) is 0 Å². The second-order valence-electron chi connectivity index (χ2n) is 5.37. The Balaban J connectivity index is 2.02. The number of aryl methyl sites for hydroxylation is 2. The van der Waals surface area contributed by atoms with E-state index in [0.29, 0.717) is 29.5 Å². The summed E-state index contributed by atoms with van der Waals surface area (Å²) < 4.78 is 6.87. The number of carbonyl (C=O) groups is 1. The van der Waals surface area contributed by atoms with Gasteiger partial charge in [0.25, 0.3) is 0 Å². The van der Waals surface area contributed by atoms with E-state index in [9.17, 15) is 4.79 Å². The van der Waals surface area contributed by atoms with Gasteiger partial charge >= 0.3 is 5.97 Å². The largest absolute Gasteiger partial charge is 0.462 e. The van der Waals surface area contributed by atoms with Crippen LogP contribution in [0.25, 0.3) is 6.08 Å². The van der Waals surface area contributed by atoms with Crippen LogP contribution in [0.15, 0.2) is 40.1 Å². The van der Waals surface area contributed by atoms with Crippen molar-refractivity contribution in [3.63, 3.8) is 0 Å². The minimum absolute atomic E-state index is 0.321. The first kappa shape index (κ1) is 16.4. The molecule has 124 valence electrons. The normalized spacial score (nSPS) is 14.1. The molecule has 1 aliphatic heterocycles. The van der Waals surface area contributed by atoms with E-state index in [-0.39, 0.29) is 5.97 Å². The summed E-state index contributed by atoms with van der Waals surface area (Å²) in [6, 6.07) is 7.96. The van der Waals surface area contributed by atoms with E-state index in [1.807, 2.05) is 44.2 Å². The molecule has 2 heterocycles. The van der Waals surface area contributed by atoms with Crippen LogP contribution in [0.3, 0.4) is 0 Å². The number of carbonyl (C=O) groups excluding carboxylic acids is 1. The summed E-state index contributed by atoms with van der Waals surface area (Å²) in [5.74, 6) is 0.870. The van der Waals surface area contributed by atoms with Crippen molar-refractivity contribution in [2.45, 2.75) is 25.9 Å². The van der Waals surface area contributed by atoms with Gasteiger partial charge in [0.1, 0.15) is 0 Å². The first-order chi connectivity index (χ1) is 11.6. The molecule has 0 radical (unpaired) electrons. The first-order valence-corrected chi connectivity index (χ1v) is 8.65. The number of hydrogen-bond donors (Lipinski definition) is 0. The van der Waals surface area contributed by atoms with E-state index >= 15 is 0 Å². The lowest BCUT2D eigenvalue weighted by Crippen LogP contribution is -2.21. The molecule has 0 N–H and O–H groups in total. The molecular weight excluding hydrogens is 324 g/mol. The average Bonchev–Trinajstić information content (AvgIpc) is 2.95. The van der Waals surface area contributed by atoms with E-state index in [4.69, 9.17) is 4.74 Å². The number of rotatable bonds is 4. The summed E-state index contributed by atoms with van der Waals surface area (Å²) in [4.78, 5) is 12.4. The lowest BCUT2D eigenvalue weighted by Gasteiger charge is -2.15. The molecule has 0 saturated carbocycles. The number of nitrogens with zero attached hydrogens (tertiary/aromatic N) is 4. The minimum atomic E-state index is -0.369. The fraction of sp³-hybridized carbons (Fsp3) is 0.294. The van der Waals surface area contributed by atoms with E-state index in [0.717, 1.165) is 10.7 Å². The Morgan fingerprint density at radius 2 is 2.04 bits per heavy atom. The smallest absolute Gasteiger partial charge is 0.340 e. The van der Waals surface area contributed by atoms with Gasteiger partial charge in [0.15, 0.2) is 5.82 Å². The fourth-order valence-corrected chi connectivity index (χ4v) is 3.13. The van der Waals surface area contributed by atoms with Crippen LogP contribution < -0.4 is 0 Å². The Labute approximate surface area is 144 Å². The van der Waals surface area contributed by atoms with Crippen molar-refractivity contribution in [2.75, 3.05) is 12.4 Å². The standard InChI is InChI=1S/C17H18N4O2S/c1-4-23-16(22)14(9-13-7-5-11(2)6-8-13)15-10-24-17-19-18-12(3)21(17)20-15/h5-9H,4,10H2,1-3H3/b14-9+. The van der Waals surface area contributed by atoms with Gasteiger partial charge in [-0.1, -0.05) is 41.6 Å². The third kappa shape index (κ3) is 3.41. The predicted octanol–water partition coefficient (Wildman–Crippen LogP) is 2.85. The lowest BCUT2D eigenvalue weighted by molar-refractivity contribution is -0.137. The first-order valence-electron chi connectivity index (χ1n) is 7.67. The highest BCUT2D eigenvalue weighted by molar-refractivity contribution is 7.99. The molecule has 0 saturated heterocycles. The molecule has 0 aliphatic carbocycles. The Morgan fingerprint density at radius 1 is 1.29 bits per heavy atom. The maximum Gasteiger partial charge on any atom is 0.340 e. The molecule has 1 aromatic heterocycles. The average molecular weight is 342 g/mol. The van der Waals surface area contributed by atoms with Crippen molar-refractivity contribution < 1.29 is 9.53 Å². The molecule has 1 aliphatic rings. The van der Waals surface area contributed by atoms with Crippen molar-refractivity contribution in [3.05, 3.63) is 46.8 Å². The molecule has 0 atom stereocenters. The monoisotopic (exact) mass is 342 g/mol. The quantitative estimate of drug-likeness (QED) is 0.631. The molecule has 0 unspecified atom stereocenters. The van der Waals surface area contributed by atoms with E-state index in [2.05, 4.69) is 15.3 Å². The SMILES string of the molecule is CCOC(=O)/C(=C/c1ccc(C)cc1)C1=Nn2c(C)nnc2SC1. The summed E-state index contributed by atoms with van der Waals surface area (Å²) in [6.45, 7) is 5.97. The predicted molar refractivity (Wildman–Crippen MR) is 94.1 cm³/mol. The molecule has 6 nitrogen and oxygen atoms in total. The molecular formula is C17H18N4O2S. The van der Waals surface area contributed by atoms with Crippen LogP contribution in [0, 0.1) is 13.8 Å². The maximum absolute atomic E-state index is 12.4. The second kappa shape index (κ2) is 7.00. The lowest BCUT2D eigenvalue weighted by atomic mass is 10.1. The number of ether oxygens (including phenoxy) is 1. The van der Waals surface area contributed by atoms with Crippen molar-refractivity contribution in [2.24, 2.45) is 5.10 Å². The van der Waals surface area contributed by atoms with Crippen molar-refractivity contribution in [3.8, 4) is 0 Å². The third-order valence-corrected chi connectivity index (χ3v) is 4.45. The van der Waals surface area contributed by atoms with Crippen molar-refractivity contribution in [1.29, 1.82) is 0 Å². The zero-order valence-corrected chi connectivity index (χ0v) is 14.6. The molecule has 3 rings (SSSR count). The fourth-order valence-electron chi connectivity index (χ4n) is 2.26. The highest BCUT2D eigenvalue weighted by Crippen LogP contribution is 2.25. The van der Waals surface area contributed by atoms with Crippen LogP contribution in [0.5, 0.6) is 0 Å². The molecule has 0 bridgehead atoms. The van der Waals surface area contributed by atoms with Gasteiger partial charge in [-0.15, -0.1) is 10.2 Å². The van der Waals surface area contributed by atoms with Gasteiger partial charge in [-0.2, -0.15) is 9.78 Å². The van der Waals surface area contributed by atoms with Gasteiger partial charge in [0.05, 0.1) is 17.9 Å². The Hall–Kier alpha value is -2.41. The summed E-state index contributed by atoms with van der Waals surface area (Å²) in [7, 11) is 0. The van der Waals surface area contributed by atoms with Gasteiger partial charge in [0, 0.05) is 5.75 Å². The zero-order valence-electron chi connectivity index (χ0n) is 13.8. The van der Waals surface area contributed by atoms with Crippen LogP contribution in [-0.4, -0.2) is 38.9 Å². The number of fused-ring (bicyclic) bond motifs is 1. The van der Waals surface area contributed by atoms with Gasteiger partial charge < -0.3 is 4.74 Å². The Morgan fingerprint density at radius 3 is 2.75 bits per heavy atom. The number of aromatic nitrogens is 3. The van der Waals surface area contributed by atoms with Gasteiger partial charge in [0.2, 0.25) is 5.16 Å². The third-order valence-electron chi connectivity index (χ3n) is 3.52. The van der Waals surface area contributed by atoms with Gasteiger partial charge in [-0.25, -0.2) is 4.79 Å². The second-order valence-corrected chi connectivity index (χ2v) is 6.31. The van der Waals surface area contributed by atoms with Crippen LogP contribution in [-0.2, 0) is 9.53 Å². The van der Waals surface area contributed by atoms with Crippen molar-refractivity contribution in [1.82, 2.24) is 14.9 Å². The highest BCUT2D eigenvalue weighted by atomic mass is 32.2. The van der Waals surface area contributed by atoms with Crippen LogP contribution in [0.1, 0.15) is 23.9 Å². The van der Waals surface area contributed by atoms with Crippen molar-refractivity contribution >= 4 is 29.5 Å². The molecule has 24 heavy (non-hydrogen) atoms. The van der Waals surface area contributed by atoms with E-state index in [1.54, 1.807) is 11.6 Å². The molecule has 2 aromatic rings. The summed E-state index contributed by atoms with van der Waals surface area (Å²) in [5.41, 5.74) is 3.23. The number of hydrogen-bond acceptors (Lipinski definition) is 6. The van der Waals surface area contributed by atoms with Crippen LogP contribution >= 0.6 is 11.8 Å².